The third kappa shape index (κ3) is 1.76. The quantitative estimate of drug-likeness (QED) is 0.716. The van der Waals surface area contributed by atoms with Gasteiger partial charge < -0.3 is 4.98 Å². The molecule has 0 atom stereocenters. The standard InChI is InChI=1S/C12H9ClN4/c1-7-9-5-10(13)16-12(9)17-11(15-7)8-3-2-4-14-6-8/h2-6H,1H3,(H,15,16,17). The van der Waals surface area contributed by atoms with Crippen molar-refractivity contribution in [1.82, 2.24) is 19.9 Å². The molecule has 0 aliphatic heterocycles. The van der Waals surface area contributed by atoms with E-state index in [1.54, 1.807) is 12.4 Å². The molecule has 0 spiro atoms. The minimum atomic E-state index is 0.570. The van der Waals surface area contributed by atoms with E-state index in [1.807, 2.05) is 25.1 Å². The highest BCUT2D eigenvalue weighted by Crippen LogP contribution is 2.22. The molecule has 0 radical (unpaired) electrons. The van der Waals surface area contributed by atoms with Crippen LogP contribution in [-0.4, -0.2) is 19.9 Å². The van der Waals surface area contributed by atoms with E-state index in [4.69, 9.17) is 11.6 Å². The molecule has 17 heavy (non-hydrogen) atoms. The van der Waals surface area contributed by atoms with Gasteiger partial charge in [-0.3, -0.25) is 4.98 Å². The molecule has 4 nitrogen and oxygen atoms in total. The first-order valence-electron chi connectivity index (χ1n) is 5.17. The average Bonchev–Trinajstić information content (AvgIpc) is 2.71. The normalized spacial score (nSPS) is 10.9. The van der Waals surface area contributed by atoms with Gasteiger partial charge in [0.1, 0.15) is 10.8 Å². The van der Waals surface area contributed by atoms with Crippen LogP contribution in [-0.2, 0) is 0 Å². The second kappa shape index (κ2) is 3.82. The molecule has 0 aromatic carbocycles. The van der Waals surface area contributed by atoms with Crippen LogP contribution in [0.4, 0.5) is 0 Å². The Morgan fingerprint density at radius 1 is 1.29 bits per heavy atom. The maximum atomic E-state index is 5.92. The molecule has 0 bridgehead atoms. The van der Waals surface area contributed by atoms with Crippen molar-refractivity contribution >= 4 is 22.6 Å². The van der Waals surface area contributed by atoms with Crippen molar-refractivity contribution in [2.45, 2.75) is 6.92 Å². The van der Waals surface area contributed by atoms with Gasteiger partial charge in [-0.15, -0.1) is 0 Å². The van der Waals surface area contributed by atoms with E-state index < -0.39 is 0 Å². The molecule has 84 valence electrons. The molecular formula is C12H9ClN4. The lowest BCUT2D eigenvalue weighted by Crippen LogP contribution is -1.93. The highest BCUT2D eigenvalue weighted by molar-refractivity contribution is 6.30. The zero-order valence-corrected chi connectivity index (χ0v) is 9.86. The molecule has 0 saturated carbocycles. The SMILES string of the molecule is Cc1nc(-c2cccnc2)nc2[nH]c(Cl)cc12. The van der Waals surface area contributed by atoms with Crippen LogP contribution in [0.25, 0.3) is 22.4 Å². The number of hydrogen-bond acceptors (Lipinski definition) is 3. The van der Waals surface area contributed by atoms with Crippen molar-refractivity contribution in [2.75, 3.05) is 0 Å². The molecule has 0 amide bonds. The van der Waals surface area contributed by atoms with Gasteiger partial charge in [0.15, 0.2) is 5.82 Å². The summed E-state index contributed by atoms with van der Waals surface area (Å²) >= 11 is 5.92. The van der Waals surface area contributed by atoms with Crippen LogP contribution in [0.1, 0.15) is 5.69 Å². The molecule has 3 heterocycles. The number of aromatic amines is 1. The number of halogens is 1. The lowest BCUT2D eigenvalue weighted by molar-refractivity contribution is 1.14. The first-order chi connectivity index (χ1) is 8.24. The summed E-state index contributed by atoms with van der Waals surface area (Å²) in [5.74, 6) is 0.654. The number of pyridine rings is 1. The number of aryl methyl sites for hydroxylation is 1. The van der Waals surface area contributed by atoms with E-state index in [2.05, 4.69) is 19.9 Å². The van der Waals surface area contributed by atoms with Crippen molar-refractivity contribution in [3.63, 3.8) is 0 Å². The maximum Gasteiger partial charge on any atom is 0.163 e. The van der Waals surface area contributed by atoms with Gasteiger partial charge in [-0.05, 0) is 25.1 Å². The number of H-pyrrole nitrogens is 1. The Bertz CT molecular complexity index is 676. The highest BCUT2D eigenvalue weighted by Gasteiger charge is 2.08. The first kappa shape index (κ1) is 10.2. The Kier molecular flexibility index (Phi) is 2.30. The summed E-state index contributed by atoms with van der Waals surface area (Å²) in [5, 5.41) is 1.52. The van der Waals surface area contributed by atoms with Crippen LogP contribution in [0.3, 0.4) is 0 Å². The predicted molar refractivity (Wildman–Crippen MR) is 66.9 cm³/mol. The number of hydrogen-bond donors (Lipinski definition) is 1. The third-order valence-electron chi connectivity index (χ3n) is 2.56. The van der Waals surface area contributed by atoms with Crippen molar-refractivity contribution in [1.29, 1.82) is 0 Å². The van der Waals surface area contributed by atoms with Gasteiger partial charge >= 0.3 is 0 Å². The Balaban J connectivity index is 2.25. The summed E-state index contributed by atoms with van der Waals surface area (Å²) in [4.78, 5) is 16.0. The maximum absolute atomic E-state index is 5.92. The van der Waals surface area contributed by atoms with Crippen molar-refractivity contribution in [2.24, 2.45) is 0 Å². The zero-order valence-electron chi connectivity index (χ0n) is 9.11. The molecule has 3 aromatic heterocycles. The van der Waals surface area contributed by atoms with Crippen LogP contribution in [0.5, 0.6) is 0 Å². The molecule has 0 unspecified atom stereocenters. The largest absolute Gasteiger partial charge is 0.330 e. The van der Waals surface area contributed by atoms with E-state index in [-0.39, 0.29) is 0 Å². The molecule has 0 aliphatic carbocycles. The molecule has 3 rings (SSSR count). The summed E-state index contributed by atoms with van der Waals surface area (Å²) in [5.41, 5.74) is 2.54. The summed E-state index contributed by atoms with van der Waals surface area (Å²) in [6, 6.07) is 5.62. The van der Waals surface area contributed by atoms with Gasteiger partial charge in [0, 0.05) is 23.3 Å². The zero-order chi connectivity index (χ0) is 11.8. The average molecular weight is 245 g/mol. The summed E-state index contributed by atoms with van der Waals surface area (Å²) in [7, 11) is 0. The molecule has 5 heteroatoms. The van der Waals surface area contributed by atoms with Gasteiger partial charge in [-0.2, -0.15) is 0 Å². The molecule has 1 N–H and O–H groups in total. The van der Waals surface area contributed by atoms with Gasteiger partial charge in [0.05, 0.1) is 5.69 Å². The smallest absolute Gasteiger partial charge is 0.163 e. The van der Waals surface area contributed by atoms with Crippen molar-refractivity contribution in [3.8, 4) is 11.4 Å². The fraction of sp³-hybridized carbons (Fsp3) is 0.0833. The number of nitrogens with zero attached hydrogens (tertiary/aromatic N) is 3. The lowest BCUT2D eigenvalue weighted by atomic mass is 10.2. The Morgan fingerprint density at radius 2 is 2.18 bits per heavy atom. The number of nitrogens with one attached hydrogen (secondary N) is 1. The van der Waals surface area contributed by atoms with Crippen LogP contribution < -0.4 is 0 Å². The van der Waals surface area contributed by atoms with Crippen LogP contribution in [0, 0.1) is 6.92 Å². The first-order valence-corrected chi connectivity index (χ1v) is 5.55. The summed E-state index contributed by atoms with van der Waals surface area (Å²) in [6.45, 7) is 1.94. The van der Waals surface area contributed by atoms with E-state index in [0.717, 1.165) is 22.3 Å². The fourth-order valence-electron chi connectivity index (χ4n) is 1.75. The van der Waals surface area contributed by atoms with E-state index >= 15 is 0 Å². The predicted octanol–water partition coefficient (Wildman–Crippen LogP) is 2.98. The number of rotatable bonds is 1. The molecule has 0 fully saturated rings. The molecular weight excluding hydrogens is 236 g/mol. The minimum absolute atomic E-state index is 0.570. The van der Waals surface area contributed by atoms with E-state index in [9.17, 15) is 0 Å². The summed E-state index contributed by atoms with van der Waals surface area (Å²) in [6.07, 6.45) is 3.46. The number of aromatic nitrogens is 4. The second-order valence-corrected chi connectivity index (χ2v) is 4.16. The number of fused-ring (bicyclic) bond motifs is 1. The van der Waals surface area contributed by atoms with Gasteiger partial charge in [0.25, 0.3) is 0 Å². The second-order valence-electron chi connectivity index (χ2n) is 3.75. The van der Waals surface area contributed by atoms with E-state index in [1.165, 1.54) is 0 Å². The monoisotopic (exact) mass is 244 g/mol. The Morgan fingerprint density at radius 3 is 2.94 bits per heavy atom. The van der Waals surface area contributed by atoms with Crippen molar-refractivity contribution < 1.29 is 0 Å². The molecule has 0 aliphatic rings. The van der Waals surface area contributed by atoms with Gasteiger partial charge in [-0.1, -0.05) is 11.6 Å². The van der Waals surface area contributed by atoms with Crippen LogP contribution in [0.15, 0.2) is 30.6 Å². The third-order valence-corrected chi connectivity index (χ3v) is 2.77. The Hall–Kier alpha value is -1.94. The highest BCUT2D eigenvalue weighted by atomic mass is 35.5. The lowest BCUT2D eigenvalue weighted by Gasteiger charge is -2.01. The van der Waals surface area contributed by atoms with Crippen molar-refractivity contribution in [3.05, 3.63) is 41.4 Å². The van der Waals surface area contributed by atoms with Crippen LogP contribution >= 0.6 is 11.6 Å². The molecule has 0 saturated heterocycles. The van der Waals surface area contributed by atoms with Gasteiger partial charge in [-0.25, -0.2) is 9.97 Å². The van der Waals surface area contributed by atoms with Gasteiger partial charge in [0.2, 0.25) is 0 Å². The minimum Gasteiger partial charge on any atom is -0.330 e. The fourth-order valence-corrected chi connectivity index (χ4v) is 1.95. The Labute approximate surface area is 103 Å². The summed E-state index contributed by atoms with van der Waals surface area (Å²) < 4.78 is 0. The van der Waals surface area contributed by atoms with Crippen LogP contribution in [0.2, 0.25) is 5.15 Å². The molecule has 3 aromatic rings. The topological polar surface area (TPSA) is 54.5 Å². The van der Waals surface area contributed by atoms with E-state index in [0.29, 0.717) is 11.0 Å².